The Morgan fingerprint density at radius 2 is 1.92 bits per heavy atom. The molecule has 6 nitrogen and oxygen atoms in total. The molecule has 6 heteroatoms. The summed E-state index contributed by atoms with van der Waals surface area (Å²) in [6.07, 6.45) is 2.44. The molecule has 2 rings (SSSR count). The van der Waals surface area contributed by atoms with Crippen LogP contribution in [0.15, 0.2) is 30.3 Å². The Morgan fingerprint density at radius 1 is 1.20 bits per heavy atom. The van der Waals surface area contributed by atoms with Crippen molar-refractivity contribution >= 4 is 11.8 Å². The molecule has 25 heavy (non-hydrogen) atoms. The lowest BCUT2D eigenvalue weighted by Gasteiger charge is -2.30. The predicted octanol–water partition coefficient (Wildman–Crippen LogP) is 1.17. The highest BCUT2D eigenvalue weighted by atomic mass is 16.5. The first-order chi connectivity index (χ1) is 12.2. The average Bonchev–Trinajstić information content (AvgIpc) is 2.65. The van der Waals surface area contributed by atoms with Crippen LogP contribution in [0, 0.1) is 5.92 Å². The molecule has 0 unspecified atom stereocenters. The monoisotopic (exact) mass is 347 g/mol. The highest BCUT2D eigenvalue weighted by Crippen LogP contribution is 2.16. The molecule has 0 radical (unpaired) electrons. The van der Waals surface area contributed by atoms with Gasteiger partial charge in [-0.05, 0) is 37.9 Å². The summed E-state index contributed by atoms with van der Waals surface area (Å²) in [6, 6.07) is 10.1. The summed E-state index contributed by atoms with van der Waals surface area (Å²) in [4.78, 5) is 25.7. The van der Waals surface area contributed by atoms with Gasteiger partial charge in [-0.2, -0.15) is 0 Å². The molecule has 1 aliphatic rings. The van der Waals surface area contributed by atoms with Gasteiger partial charge in [-0.15, -0.1) is 0 Å². The third-order valence-electron chi connectivity index (χ3n) is 4.47. The molecule has 138 valence electrons. The van der Waals surface area contributed by atoms with Crippen LogP contribution in [0.2, 0.25) is 0 Å². The number of benzene rings is 1. The largest absolute Gasteiger partial charge is 0.377 e. The minimum Gasteiger partial charge on any atom is -0.377 e. The summed E-state index contributed by atoms with van der Waals surface area (Å²) < 4.78 is 5.60. The molecule has 0 aromatic heterocycles. The van der Waals surface area contributed by atoms with Crippen molar-refractivity contribution in [2.45, 2.75) is 25.9 Å². The van der Waals surface area contributed by atoms with E-state index in [4.69, 9.17) is 4.74 Å². The Hall–Kier alpha value is -1.92. The number of carbonyl (C=O) groups excluding carboxylic acids is 2. The van der Waals surface area contributed by atoms with Crippen molar-refractivity contribution in [1.82, 2.24) is 15.5 Å². The Bertz CT molecular complexity index is 528. The smallest absolute Gasteiger partial charge is 0.234 e. The second kappa shape index (κ2) is 10.8. The number of likely N-dealkylation sites (tertiary alicyclic amines) is 1. The second-order valence-electron chi connectivity index (χ2n) is 6.41. The van der Waals surface area contributed by atoms with Crippen LogP contribution < -0.4 is 10.6 Å². The Kier molecular flexibility index (Phi) is 8.42. The molecule has 0 spiro atoms. The number of amides is 2. The summed E-state index contributed by atoms with van der Waals surface area (Å²) in [5.41, 5.74) is 1.16. The van der Waals surface area contributed by atoms with Crippen molar-refractivity contribution in [3.05, 3.63) is 35.9 Å². The van der Waals surface area contributed by atoms with Crippen LogP contribution in [-0.2, 0) is 20.9 Å². The highest BCUT2D eigenvalue weighted by Gasteiger charge is 2.24. The second-order valence-corrected chi connectivity index (χ2v) is 6.41. The van der Waals surface area contributed by atoms with Gasteiger partial charge in [0.15, 0.2) is 0 Å². The maximum atomic E-state index is 12.0. The van der Waals surface area contributed by atoms with E-state index in [1.54, 1.807) is 7.05 Å². The van der Waals surface area contributed by atoms with Crippen LogP contribution in [0.1, 0.15) is 24.8 Å². The molecule has 1 fully saturated rings. The number of nitrogens with zero attached hydrogens (tertiary/aromatic N) is 1. The van der Waals surface area contributed by atoms with E-state index in [1.807, 2.05) is 30.3 Å². The van der Waals surface area contributed by atoms with Crippen LogP contribution in [-0.4, -0.2) is 56.5 Å². The lowest BCUT2D eigenvalue weighted by atomic mass is 9.96. The van der Waals surface area contributed by atoms with Gasteiger partial charge in [0, 0.05) is 26.1 Å². The van der Waals surface area contributed by atoms with Crippen molar-refractivity contribution in [1.29, 1.82) is 0 Å². The number of nitrogens with one attached hydrogen (secondary N) is 2. The van der Waals surface area contributed by atoms with Gasteiger partial charge in [-0.25, -0.2) is 0 Å². The molecule has 0 saturated carbocycles. The van der Waals surface area contributed by atoms with Gasteiger partial charge in [0.2, 0.25) is 11.8 Å². The minimum absolute atomic E-state index is 0.0430. The van der Waals surface area contributed by atoms with Crippen molar-refractivity contribution in [3.63, 3.8) is 0 Å². The maximum absolute atomic E-state index is 12.0. The van der Waals surface area contributed by atoms with Crippen LogP contribution in [0.4, 0.5) is 0 Å². The molecular formula is C19H29N3O3. The molecule has 0 aliphatic carbocycles. The number of rotatable bonds is 9. The minimum atomic E-state index is 0.0430. The Morgan fingerprint density at radius 3 is 2.60 bits per heavy atom. The number of ether oxygens (including phenoxy) is 1. The molecule has 0 bridgehead atoms. The molecule has 1 saturated heterocycles. The first kappa shape index (κ1) is 19.4. The quantitative estimate of drug-likeness (QED) is 0.658. The van der Waals surface area contributed by atoms with Crippen molar-refractivity contribution in [2.24, 2.45) is 5.92 Å². The zero-order valence-corrected chi connectivity index (χ0v) is 15.0. The van der Waals surface area contributed by atoms with E-state index in [2.05, 4.69) is 15.5 Å². The topological polar surface area (TPSA) is 70.7 Å². The summed E-state index contributed by atoms with van der Waals surface area (Å²) in [7, 11) is 1.67. The van der Waals surface area contributed by atoms with Gasteiger partial charge in [0.1, 0.15) is 0 Å². The number of carbonyl (C=O) groups is 2. The fraction of sp³-hybridized carbons (Fsp3) is 0.579. The van der Waals surface area contributed by atoms with Gasteiger partial charge < -0.3 is 15.4 Å². The van der Waals surface area contributed by atoms with Gasteiger partial charge in [0.25, 0.3) is 0 Å². The van der Waals surface area contributed by atoms with Crippen LogP contribution >= 0.6 is 0 Å². The first-order valence-corrected chi connectivity index (χ1v) is 9.01. The van der Waals surface area contributed by atoms with Gasteiger partial charge in [0.05, 0.1) is 13.2 Å². The van der Waals surface area contributed by atoms with Gasteiger partial charge in [-0.1, -0.05) is 30.3 Å². The third kappa shape index (κ3) is 7.23. The van der Waals surface area contributed by atoms with E-state index in [0.29, 0.717) is 26.3 Å². The van der Waals surface area contributed by atoms with Gasteiger partial charge in [-0.3, -0.25) is 14.5 Å². The molecule has 1 aromatic rings. The van der Waals surface area contributed by atoms with Crippen LogP contribution in [0.5, 0.6) is 0 Å². The molecular weight excluding hydrogens is 318 g/mol. The van der Waals surface area contributed by atoms with E-state index in [1.165, 1.54) is 0 Å². The summed E-state index contributed by atoms with van der Waals surface area (Å²) in [6.45, 7) is 3.87. The predicted molar refractivity (Wildman–Crippen MR) is 97.0 cm³/mol. The summed E-state index contributed by atoms with van der Waals surface area (Å²) >= 11 is 0. The van der Waals surface area contributed by atoms with E-state index < -0.39 is 0 Å². The fourth-order valence-corrected chi connectivity index (χ4v) is 2.98. The average molecular weight is 347 g/mol. The number of hydrogen-bond acceptors (Lipinski definition) is 4. The van der Waals surface area contributed by atoms with Crippen LogP contribution in [0.3, 0.4) is 0 Å². The molecule has 1 heterocycles. The normalized spacial score (nSPS) is 15.7. The number of hydrogen-bond donors (Lipinski definition) is 2. The van der Waals surface area contributed by atoms with Crippen molar-refractivity contribution in [2.75, 3.05) is 39.8 Å². The van der Waals surface area contributed by atoms with Gasteiger partial charge >= 0.3 is 0 Å². The first-order valence-electron chi connectivity index (χ1n) is 9.01. The van der Waals surface area contributed by atoms with Crippen molar-refractivity contribution in [3.8, 4) is 0 Å². The lowest BCUT2D eigenvalue weighted by molar-refractivity contribution is -0.126. The highest BCUT2D eigenvalue weighted by molar-refractivity contribution is 5.79. The Labute approximate surface area is 149 Å². The van der Waals surface area contributed by atoms with Crippen molar-refractivity contribution < 1.29 is 14.3 Å². The van der Waals surface area contributed by atoms with E-state index >= 15 is 0 Å². The van der Waals surface area contributed by atoms with E-state index in [9.17, 15) is 9.59 Å². The molecule has 0 atom stereocenters. The standard InChI is InChI=1S/C19H29N3O3/c1-20-19(24)17-8-11-22(12-9-17)14-18(23)21-10-5-13-25-15-16-6-3-2-4-7-16/h2-4,6-7,17H,5,8-15H2,1H3,(H,20,24)(H,21,23). The van der Waals surface area contributed by atoms with E-state index in [-0.39, 0.29) is 17.7 Å². The third-order valence-corrected chi connectivity index (χ3v) is 4.47. The Balaban J connectivity index is 1.49. The molecule has 2 N–H and O–H groups in total. The fourth-order valence-electron chi connectivity index (χ4n) is 2.98. The van der Waals surface area contributed by atoms with E-state index in [0.717, 1.165) is 37.9 Å². The maximum Gasteiger partial charge on any atom is 0.234 e. The zero-order chi connectivity index (χ0) is 17.9. The molecule has 1 aliphatic heterocycles. The lowest BCUT2D eigenvalue weighted by Crippen LogP contribution is -2.44. The zero-order valence-electron chi connectivity index (χ0n) is 15.0. The number of piperidine rings is 1. The SMILES string of the molecule is CNC(=O)C1CCN(CC(=O)NCCCOCc2ccccc2)CC1. The molecule has 2 amide bonds. The molecule has 1 aromatic carbocycles. The van der Waals surface area contributed by atoms with Crippen LogP contribution in [0.25, 0.3) is 0 Å². The summed E-state index contributed by atoms with van der Waals surface area (Å²) in [5.74, 6) is 0.243. The summed E-state index contributed by atoms with van der Waals surface area (Å²) in [5, 5.41) is 5.63.